The van der Waals surface area contributed by atoms with Gasteiger partial charge in [0.05, 0.1) is 11.3 Å². The molecule has 0 radical (unpaired) electrons. The zero-order chi connectivity index (χ0) is 20.9. The lowest BCUT2D eigenvalue weighted by molar-refractivity contribution is -0.148. The van der Waals surface area contributed by atoms with Crippen molar-refractivity contribution in [2.45, 2.75) is 26.1 Å². The van der Waals surface area contributed by atoms with Gasteiger partial charge in [0.2, 0.25) is 0 Å². The van der Waals surface area contributed by atoms with Crippen LogP contribution in [0.25, 0.3) is 6.08 Å². The molecule has 0 aliphatic carbocycles. The third-order valence-corrected chi connectivity index (χ3v) is 3.90. The van der Waals surface area contributed by atoms with E-state index in [-0.39, 0.29) is 5.02 Å². The highest BCUT2D eigenvalue weighted by Crippen LogP contribution is 2.36. The van der Waals surface area contributed by atoms with Crippen LogP contribution in [0.4, 0.5) is 18.9 Å². The fourth-order valence-corrected chi connectivity index (χ4v) is 2.47. The van der Waals surface area contributed by atoms with E-state index in [2.05, 4.69) is 5.32 Å². The molecule has 1 amide bonds. The average Bonchev–Trinajstić information content (AvgIpc) is 2.60. The number of hydrogen-bond acceptors (Lipinski definition) is 3. The van der Waals surface area contributed by atoms with Gasteiger partial charge in [-0.1, -0.05) is 41.4 Å². The third-order valence-electron chi connectivity index (χ3n) is 3.66. The number of anilines is 1. The summed E-state index contributed by atoms with van der Waals surface area (Å²) in [4.78, 5) is 24.0. The highest BCUT2D eigenvalue weighted by atomic mass is 35.5. The Balaban J connectivity index is 2.02. The predicted octanol–water partition coefficient (Wildman–Crippen LogP) is 5.25. The molecule has 2 aromatic carbocycles. The van der Waals surface area contributed by atoms with Gasteiger partial charge in [0.1, 0.15) is 0 Å². The molecule has 2 rings (SSSR count). The first kappa shape index (κ1) is 21.5. The zero-order valence-corrected chi connectivity index (χ0v) is 15.8. The number of carbonyl (C=O) groups excluding carboxylic acids is 2. The summed E-state index contributed by atoms with van der Waals surface area (Å²) in [6.45, 7) is 3.16. The summed E-state index contributed by atoms with van der Waals surface area (Å²) in [5.41, 5.74) is 0.211. The number of alkyl halides is 3. The first-order chi connectivity index (χ1) is 13.1. The molecule has 0 unspecified atom stereocenters. The minimum Gasteiger partial charge on any atom is -0.449 e. The van der Waals surface area contributed by atoms with Crippen LogP contribution in [0.3, 0.4) is 0 Å². The van der Waals surface area contributed by atoms with Crippen molar-refractivity contribution in [1.82, 2.24) is 0 Å². The van der Waals surface area contributed by atoms with Crippen molar-refractivity contribution in [1.29, 1.82) is 0 Å². The Morgan fingerprint density at radius 3 is 2.54 bits per heavy atom. The van der Waals surface area contributed by atoms with E-state index in [9.17, 15) is 22.8 Å². The number of aryl methyl sites for hydroxylation is 1. The number of halogens is 4. The molecule has 0 heterocycles. The van der Waals surface area contributed by atoms with Crippen LogP contribution in [0.1, 0.15) is 23.6 Å². The van der Waals surface area contributed by atoms with Gasteiger partial charge in [-0.3, -0.25) is 4.79 Å². The standard InChI is InChI=1S/C20H17ClF3NO3/c1-12-4-3-5-14(10-12)6-9-18(26)28-13(2)19(27)25-17-8-7-15(21)11-16(17)20(22,23)24/h3-11,13H,1-2H3,(H,25,27)/b9-6+/t13-/m0/s1. The second-order valence-corrected chi connectivity index (χ2v) is 6.44. The summed E-state index contributed by atoms with van der Waals surface area (Å²) in [6, 6.07) is 10.3. The fraction of sp³-hybridized carbons (Fsp3) is 0.200. The van der Waals surface area contributed by atoms with Gasteiger partial charge in [-0.05, 0) is 43.7 Å². The van der Waals surface area contributed by atoms with E-state index in [0.717, 1.165) is 23.3 Å². The van der Waals surface area contributed by atoms with Gasteiger partial charge in [0.15, 0.2) is 6.10 Å². The van der Waals surface area contributed by atoms with Crippen LogP contribution >= 0.6 is 11.6 Å². The monoisotopic (exact) mass is 411 g/mol. The van der Waals surface area contributed by atoms with Crippen molar-refractivity contribution in [3.63, 3.8) is 0 Å². The number of esters is 1. The molecule has 8 heteroatoms. The number of amides is 1. The summed E-state index contributed by atoms with van der Waals surface area (Å²) in [5, 5.41) is 1.99. The highest BCUT2D eigenvalue weighted by Gasteiger charge is 2.34. The number of carbonyl (C=O) groups is 2. The van der Waals surface area contributed by atoms with Crippen molar-refractivity contribution in [3.05, 3.63) is 70.3 Å². The summed E-state index contributed by atoms with van der Waals surface area (Å²) in [6.07, 6.45) is -3.35. The molecule has 0 saturated heterocycles. The molecule has 148 valence electrons. The largest absolute Gasteiger partial charge is 0.449 e. The van der Waals surface area contributed by atoms with Crippen LogP contribution in [-0.2, 0) is 20.5 Å². The molecule has 0 bridgehead atoms. The van der Waals surface area contributed by atoms with Crippen molar-refractivity contribution in [3.8, 4) is 0 Å². The van der Waals surface area contributed by atoms with E-state index >= 15 is 0 Å². The molecule has 2 aromatic rings. The molecule has 4 nitrogen and oxygen atoms in total. The van der Waals surface area contributed by atoms with E-state index in [1.807, 2.05) is 25.1 Å². The minimum atomic E-state index is -4.70. The quantitative estimate of drug-likeness (QED) is 0.540. The average molecular weight is 412 g/mol. The first-order valence-corrected chi connectivity index (χ1v) is 8.57. The molecule has 0 spiro atoms. The van der Waals surface area contributed by atoms with Gasteiger partial charge in [0.25, 0.3) is 5.91 Å². The summed E-state index contributed by atoms with van der Waals surface area (Å²) < 4.78 is 44.2. The molecule has 0 aliphatic rings. The Labute approximate surface area is 165 Å². The lowest BCUT2D eigenvalue weighted by atomic mass is 10.1. The van der Waals surface area contributed by atoms with Crippen LogP contribution in [0.2, 0.25) is 5.02 Å². The topological polar surface area (TPSA) is 55.4 Å². The van der Waals surface area contributed by atoms with Crippen LogP contribution < -0.4 is 5.32 Å². The maximum Gasteiger partial charge on any atom is 0.418 e. The maximum absolute atomic E-state index is 13.1. The van der Waals surface area contributed by atoms with Crippen molar-refractivity contribution in [2.24, 2.45) is 0 Å². The fourth-order valence-electron chi connectivity index (χ4n) is 2.30. The molecule has 0 fully saturated rings. The normalized spacial score (nSPS) is 12.6. The molecule has 0 aromatic heterocycles. The van der Waals surface area contributed by atoms with Crippen LogP contribution in [0.5, 0.6) is 0 Å². The summed E-state index contributed by atoms with van der Waals surface area (Å²) in [5.74, 6) is -1.69. The molecule has 0 aliphatic heterocycles. The number of rotatable bonds is 5. The molecule has 28 heavy (non-hydrogen) atoms. The van der Waals surface area contributed by atoms with E-state index in [1.165, 1.54) is 19.1 Å². The van der Waals surface area contributed by atoms with Gasteiger partial charge >= 0.3 is 12.1 Å². The van der Waals surface area contributed by atoms with Gasteiger partial charge in [-0.25, -0.2) is 4.79 Å². The smallest absolute Gasteiger partial charge is 0.418 e. The molecule has 1 atom stereocenters. The lowest BCUT2D eigenvalue weighted by Crippen LogP contribution is -2.30. The highest BCUT2D eigenvalue weighted by molar-refractivity contribution is 6.30. The van der Waals surface area contributed by atoms with E-state index < -0.39 is 35.4 Å². The number of nitrogens with one attached hydrogen (secondary N) is 1. The van der Waals surface area contributed by atoms with Crippen LogP contribution in [0.15, 0.2) is 48.5 Å². The van der Waals surface area contributed by atoms with Crippen molar-refractivity contribution in [2.75, 3.05) is 5.32 Å². The Morgan fingerprint density at radius 1 is 1.18 bits per heavy atom. The van der Waals surface area contributed by atoms with Gasteiger partial charge < -0.3 is 10.1 Å². The van der Waals surface area contributed by atoms with Gasteiger partial charge in [-0.2, -0.15) is 13.2 Å². The van der Waals surface area contributed by atoms with E-state index in [0.29, 0.717) is 6.07 Å². The van der Waals surface area contributed by atoms with Crippen molar-refractivity contribution < 1.29 is 27.5 Å². The first-order valence-electron chi connectivity index (χ1n) is 8.19. The predicted molar refractivity (Wildman–Crippen MR) is 101 cm³/mol. The molecular formula is C20H17ClF3NO3. The van der Waals surface area contributed by atoms with Gasteiger partial charge in [-0.15, -0.1) is 0 Å². The van der Waals surface area contributed by atoms with Crippen LogP contribution in [0, 0.1) is 6.92 Å². The Bertz CT molecular complexity index is 910. The SMILES string of the molecule is Cc1cccc(/C=C/C(=O)O[C@@H](C)C(=O)Nc2ccc(Cl)cc2C(F)(F)F)c1. The van der Waals surface area contributed by atoms with E-state index in [1.54, 1.807) is 6.07 Å². The number of benzene rings is 2. The molecule has 1 N–H and O–H groups in total. The third kappa shape index (κ3) is 6.13. The lowest BCUT2D eigenvalue weighted by Gasteiger charge is -2.16. The second kappa shape index (κ2) is 8.93. The summed E-state index contributed by atoms with van der Waals surface area (Å²) >= 11 is 5.60. The number of hydrogen-bond donors (Lipinski definition) is 1. The second-order valence-electron chi connectivity index (χ2n) is 6.00. The Morgan fingerprint density at radius 2 is 1.89 bits per heavy atom. The Hall–Kier alpha value is -2.80. The van der Waals surface area contributed by atoms with E-state index in [4.69, 9.17) is 16.3 Å². The van der Waals surface area contributed by atoms with Gasteiger partial charge in [0, 0.05) is 11.1 Å². The number of ether oxygens (including phenoxy) is 1. The van der Waals surface area contributed by atoms with Crippen LogP contribution in [-0.4, -0.2) is 18.0 Å². The molecule has 0 saturated carbocycles. The summed E-state index contributed by atoms with van der Waals surface area (Å²) in [7, 11) is 0. The van der Waals surface area contributed by atoms with Crippen molar-refractivity contribution >= 4 is 35.2 Å². The molecular weight excluding hydrogens is 395 g/mol. The maximum atomic E-state index is 13.1. The minimum absolute atomic E-state index is 0.119. The Kier molecular flexibility index (Phi) is 6.85. The zero-order valence-electron chi connectivity index (χ0n) is 15.0.